The number of aliphatic carboxylic acids is 1. The fourth-order valence-corrected chi connectivity index (χ4v) is 1.94. The highest BCUT2D eigenvalue weighted by molar-refractivity contribution is 5.80. The van der Waals surface area contributed by atoms with Crippen LogP contribution in [0.25, 0.3) is 0 Å². The fourth-order valence-electron chi connectivity index (χ4n) is 1.94. The minimum Gasteiger partial charge on any atom is -0.478 e. The van der Waals surface area contributed by atoms with E-state index < -0.39 is 5.97 Å². The Morgan fingerprint density at radius 3 is 2.53 bits per heavy atom. The summed E-state index contributed by atoms with van der Waals surface area (Å²) >= 11 is 0. The summed E-state index contributed by atoms with van der Waals surface area (Å²) in [7, 11) is 0. The second kappa shape index (κ2) is 5.88. The Hall–Kier alpha value is -0.870. The molecule has 86 valence electrons. The zero-order valence-electron chi connectivity index (χ0n) is 9.15. The smallest absolute Gasteiger partial charge is 0.328 e. The Labute approximate surface area is 90.2 Å². The van der Waals surface area contributed by atoms with Crippen LogP contribution in [0.2, 0.25) is 0 Å². The summed E-state index contributed by atoms with van der Waals surface area (Å²) in [4.78, 5) is 12.7. The third-order valence-corrected chi connectivity index (χ3v) is 2.81. The summed E-state index contributed by atoms with van der Waals surface area (Å²) < 4.78 is 0. The third kappa shape index (κ3) is 4.44. The molecule has 1 aliphatic heterocycles. The van der Waals surface area contributed by atoms with E-state index in [0.29, 0.717) is 5.92 Å². The molecule has 0 aliphatic carbocycles. The number of carboxylic acid groups (broad SMARTS) is 1. The summed E-state index contributed by atoms with van der Waals surface area (Å²) in [6.07, 6.45) is 3.28. The highest BCUT2D eigenvalue weighted by Gasteiger charge is 2.18. The average Bonchev–Trinajstić information content (AvgIpc) is 2.17. The number of hydrogen-bond donors (Lipinski definition) is 2. The van der Waals surface area contributed by atoms with Gasteiger partial charge in [-0.25, -0.2) is 4.79 Å². The number of aliphatic hydroxyl groups is 1. The van der Waals surface area contributed by atoms with E-state index >= 15 is 0 Å². The van der Waals surface area contributed by atoms with E-state index in [1.807, 2.05) is 6.92 Å². The number of piperidine rings is 1. The molecule has 0 saturated carbocycles. The normalized spacial score (nSPS) is 20.5. The maximum Gasteiger partial charge on any atom is 0.328 e. The van der Waals surface area contributed by atoms with Crippen molar-refractivity contribution < 1.29 is 15.0 Å². The van der Waals surface area contributed by atoms with E-state index in [4.69, 9.17) is 10.2 Å². The van der Waals surface area contributed by atoms with Gasteiger partial charge >= 0.3 is 5.97 Å². The molecule has 0 aromatic carbocycles. The molecule has 15 heavy (non-hydrogen) atoms. The first-order chi connectivity index (χ1) is 7.11. The van der Waals surface area contributed by atoms with Gasteiger partial charge in [0.15, 0.2) is 0 Å². The molecule has 1 saturated heterocycles. The first-order valence-corrected chi connectivity index (χ1v) is 5.35. The van der Waals surface area contributed by atoms with Crippen LogP contribution in [-0.4, -0.2) is 47.3 Å². The van der Waals surface area contributed by atoms with Gasteiger partial charge in [-0.1, -0.05) is 5.57 Å². The minimum absolute atomic E-state index is 0.276. The number of likely N-dealkylation sites (tertiary alicyclic amines) is 1. The number of aliphatic hydroxyl groups excluding tert-OH is 1. The Kier molecular flexibility index (Phi) is 4.78. The lowest BCUT2D eigenvalue weighted by molar-refractivity contribution is -0.131. The largest absolute Gasteiger partial charge is 0.478 e. The van der Waals surface area contributed by atoms with Crippen LogP contribution in [0, 0.1) is 5.92 Å². The van der Waals surface area contributed by atoms with Crippen LogP contribution in [0.1, 0.15) is 19.8 Å². The van der Waals surface area contributed by atoms with Gasteiger partial charge in [0.2, 0.25) is 0 Å². The maximum absolute atomic E-state index is 10.4. The van der Waals surface area contributed by atoms with Gasteiger partial charge in [-0.3, -0.25) is 4.90 Å². The van der Waals surface area contributed by atoms with Crippen LogP contribution in [0.15, 0.2) is 11.6 Å². The third-order valence-electron chi connectivity index (χ3n) is 2.81. The molecule has 1 aliphatic rings. The van der Waals surface area contributed by atoms with Gasteiger partial charge < -0.3 is 10.2 Å². The Balaban J connectivity index is 2.32. The van der Waals surface area contributed by atoms with Crippen molar-refractivity contribution in [3.8, 4) is 0 Å². The summed E-state index contributed by atoms with van der Waals surface area (Å²) in [5.74, 6) is -0.442. The van der Waals surface area contributed by atoms with Gasteiger partial charge in [0.05, 0.1) is 0 Å². The summed E-state index contributed by atoms with van der Waals surface area (Å²) in [6.45, 7) is 4.75. The molecule has 0 bridgehead atoms. The summed E-state index contributed by atoms with van der Waals surface area (Å²) in [5, 5.41) is 17.5. The highest BCUT2D eigenvalue weighted by atomic mass is 16.4. The van der Waals surface area contributed by atoms with E-state index in [-0.39, 0.29) is 6.61 Å². The summed E-state index contributed by atoms with van der Waals surface area (Å²) in [5.41, 5.74) is 0.880. The van der Waals surface area contributed by atoms with Crippen molar-refractivity contribution in [2.75, 3.05) is 26.2 Å². The lowest BCUT2D eigenvalue weighted by Gasteiger charge is -2.31. The predicted molar refractivity (Wildman–Crippen MR) is 57.6 cm³/mol. The molecule has 0 amide bonds. The molecular weight excluding hydrogens is 194 g/mol. The molecule has 4 nitrogen and oxygen atoms in total. The zero-order valence-corrected chi connectivity index (χ0v) is 9.15. The van der Waals surface area contributed by atoms with Gasteiger partial charge in [-0.05, 0) is 38.8 Å². The van der Waals surface area contributed by atoms with E-state index in [9.17, 15) is 4.79 Å². The number of carbonyl (C=O) groups is 1. The molecule has 0 aromatic rings. The molecule has 2 N–H and O–H groups in total. The minimum atomic E-state index is -0.877. The fraction of sp³-hybridized carbons (Fsp3) is 0.727. The van der Waals surface area contributed by atoms with Crippen LogP contribution in [0.4, 0.5) is 0 Å². The van der Waals surface area contributed by atoms with Gasteiger partial charge in [0, 0.05) is 19.2 Å². The molecule has 1 heterocycles. The van der Waals surface area contributed by atoms with Crippen LogP contribution in [0.3, 0.4) is 0 Å². The van der Waals surface area contributed by atoms with Crippen LogP contribution < -0.4 is 0 Å². The Bertz CT molecular complexity index is 242. The molecule has 0 aromatic heterocycles. The molecular formula is C11H19NO3. The first-order valence-electron chi connectivity index (χ1n) is 5.35. The van der Waals surface area contributed by atoms with E-state index in [0.717, 1.165) is 38.0 Å². The Morgan fingerprint density at radius 1 is 1.47 bits per heavy atom. The van der Waals surface area contributed by atoms with E-state index in [2.05, 4.69) is 4.90 Å². The SMILES string of the molecule is CC(=CC(=O)O)CN1CCC(CO)CC1. The molecule has 0 unspecified atom stereocenters. The molecule has 1 fully saturated rings. The molecule has 0 radical (unpaired) electrons. The topological polar surface area (TPSA) is 60.8 Å². The van der Waals surface area contributed by atoms with E-state index in [1.54, 1.807) is 0 Å². The Morgan fingerprint density at radius 2 is 2.07 bits per heavy atom. The maximum atomic E-state index is 10.4. The van der Waals surface area contributed by atoms with E-state index in [1.165, 1.54) is 6.08 Å². The molecule has 1 rings (SSSR count). The lowest BCUT2D eigenvalue weighted by atomic mass is 9.97. The number of rotatable bonds is 4. The molecule has 4 heteroatoms. The first kappa shape index (κ1) is 12.2. The lowest BCUT2D eigenvalue weighted by Crippen LogP contribution is -2.35. The standard InChI is InChI=1S/C11H19NO3/c1-9(6-11(14)15)7-12-4-2-10(8-13)3-5-12/h6,10,13H,2-5,7-8H2,1H3,(H,14,15). The van der Waals surface area contributed by atoms with Gasteiger partial charge in [-0.15, -0.1) is 0 Å². The van der Waals surface area contributed by atoms with Gasteiger partial charge in [0.1, 0.15) is 0 Å². The number of hydrogen-bond acceptors (Lipinski definition) is 3. The van der Waals surface area contributed by atoms with Crippen molar-refractivity contribution in [3.05, 3.63) is 11.6 Å². The number of carboxylic acids is 1. The average molecular weight is 213 g/mol. The predicted octanol–water partition coefficient (Wildman–Crippen LogP) is 0.722. The number of nitrogens with zero attached hydrogens (tertiary/aromatic N) is 1. The van der Waals surface area contributed by atoms with Crippen molar-refractivity contribution in [1.29, 1.82) is 0 Å². The van der Waals surface area contributed by atoms with Crippen molar-refractivity contribution >= 4 is 5.97 Å². The van der Waals surface area contributed by atoms with Gasteiger partial charge in [-0.2, -0.15) is 0 Å². The van der Waals surface area contributed by atoms with Crippen molar-refractivity contribution in [3.63, 3.8) is 0 Å². The highest BCUT2D eigenvalue weighted by Crippen LogP contribution is 2.16. The van der Waals surface area contributed by atoms with Crippen LogP contribution >= 0.6 is 0 Å². The van der Waals surface area contributed by atoms with Crippen LogP contribution in [0.5, 0.6) is 0 Å². The quantitative estimate of drug-likeness (QED) is 0.676. The second-order valence-corrected chi connectivity index (χ2v) is 4.23. The molecule has 0 atom stereocenters. The van der Waals surface area contributed by atoms with Crippen molar-refractivity contribution in [2.24, 2.45) is 5.92 Å². The monoisotopic (exact) mass is 213 g/mol. The zero-order chi connectivity index (χ0) is 11.3. The summed E-state index contributed by atoms with van der Waals surface area (Å²) in [6, 6.07) is 0. The second-order valence-electron chi connectivity index (χ2n) is 4.23. The molecule has 0 spiro atoms. The van der Waals surface area contributed by atoms with Crippen molar-refractivity contribution in [2.45, 2.75) is 19.8 Å². The van der Waals surface area contributed by atoms with Gasteiger partial charge in [0.25, 0.3) is 0 Å². The van der Waals surface area contributed by atoms with Crippen LogP contribution in [-0.2, 0) is 4.79 Å². The van der Waals surface area contributed by atoms with Crippen molar-refractivity contribution in [1.82, 2.24) is 4.90 Å².